The van der Waals surface area contributed by atoms with Gasteiger partial charge in [0, 0.05) is 13.7 Å². The minimum absolute atomic E-state index is 0.238. The molecule has 0 rings (SSSR count). The lowest BCUT2D eigenvalue weighted by atomic mass is 10.3. The van der Waals surface area contributed by atoms with Gasteiger partial charge in [0.1, 0.15) is 0 Å². The molecular weight excluding hydrogens is 395 g/mol. The van der Waals surface area contributed by atoms with Crippen molar-refractivity contribution in [3.63, 3.8) is 0 Å². The first-order valence-corrected chi connectivity index (χ1v) is 12.6. The second kappa shape index (κ2) is 22.6. The standard InChI is InChI=1S/C19H45N4O5P/c1-27-29(25,26)28-19-7-5-13-23-17-9-15-21-11-3-2-10-20-14-8-16-22-12-4-6-18-24/h20-24H,2-19H2,1H3,(H,25,26). The van der Waals surface area contributed by atoms with Crippen LogP contribution in [0.1, 0.15) is 51.4 Å². The minimum atomic E-state index is -3.81. The minimum Gasteiger partial charge on any atom is -0.396 e. The second-order valence-corrected chi connectivity index (χ2v) is 8.60. The highest BCUT2D eigenvalue weighted by atomic mass is 31.2. The highest BCUT2D eigenvalue weighted by molar-refractivity contribution is 7.47. The zero-order valence-corrected chi connectivity index (χ0v) is 19.2. The Kier molecular flexibility index (Phi) is 22.5. The third-order valence-corrected chi connectivity index (χ3v) is 5.34. The third kappa shape index (κ3) is 24.1. The molecule has 10 heteroatoms. The number of aliphatic hydroxyl groups is 1. The van der Waals surface area contributed by atoms with Crippen LogP contribution in [0.3, 0.4) is 0 Å². The van der Waals surface area contributed by atoms with Crippen LogP contribution in [0.25, 0.3) is 0 Å². The van der Waals surface area contributed by atoms with Crippen molar-refractivity contribution in [3.05, 3.63) is 0 Å². The Morgan fingerprint density at radius 1 is 0.655 bits per heavy atom. The van der Waals surface area contributed by atoms with Gasteiger partial charge in [0.15, 0.2) is 0 Å². The molecule has 0 fully saturated rings. The van der Waals surface area contributed by atoms with E-state index in [1.54, 1.807) is 0 Å². The van der Waals surface area contributed by atoms with Crippen LogP contribution in [0.4, 0.5) is 0 Å². The lowest BCUT2D eigenvalue weighted by molar-refractivity contribution is 0.170. The summed E-state index contributed by atoms with van der Waals surface area (Å²) >= 11 is 0. The van der Waals surface area contributed by atoms with E-state index in [1.165, 1.54) is 12.8 Å². The number of hydrogen-bond acceptors (Lipinski definition) is 8. The van der Waals surface area contributed by atoms with E-state index in [1.807, 2.05) is 0 Å². The summed E-state index contributed by atoms with van der Waals surface area (Å²) in [7, 11) is -2.65. The molecule has 9 nitrogen and oxygen atoms in total. The summed E-state index contributed by atoms with van der Waals surface area (Å²) in [6.07, 6.45) is 8.20. The van der Waals surface area contributed by atoms with Crippen molar-refractivity contribution in [2.24, 2.45) is 0 Å². The van der Waals surface area contributed by atoms with E-state index in [0.717, 1.165) is 98.0 Å². The summed E-state index contributed by atoms with van der Waals surface area (Å²) in [5.41, 5.74) is 0. The summed E-state index contributed by atoms with van der Waals surface area (Å²) in [6.45, 7) is 8.65. The number of phosphoric acid groups is 1. The smallest absolute Gasteiger partial charge is 0.396 e. The number of hydrogen-bond donors (Lipinski definition) is 6. The Bertz CT molecular complexity index is 381. The van der Waals surface area contributed by atoms with Crippen molar-refractivity contribution >= 4 is 7.82 Å². The quantitative estimate of drug-likeness (QED) is 0.0971. The first-order chi connectivity index (χ1) is 14.1. The molecule has 0 radical (unpaired) electrons. The van der Waals surface area contributed by atoms with Gasteiger partial charge >= 0.3 is 7.82 Å². The van der Waals surface area contributed by atoms with Crippen molar-refractivity contribution < 1.29 is 23.6 Å². The van der Waals surface area contributed by atoms with E-state index in [2.05, 4.69) is 25.8 Å². The van der Waals surface area contributed by atoms with Gasteiger partial charge in [-0.15, -0.1) is 0 Å². The van der Waals surface area contributed by atoms with Crippen LogP contribution in [0.2, 0.25) is 0 Å². The fraction of sp³-hybridized carbons (Fsp3) is 1.00. The second-order valence-electron chi connectivity index (χ2n) is 7.04. The highest BCUT2D eigenvalue weighted by Gasteiger charge is 2.17. The number of unbranched alkanes of at least 4 members (excludes halogenated alkanes) is 3. The number of aliphatic hydroxyl groups excluding tert-OH is 1. The van der Waals surface area contributed by atoms with E-state index in [-0.39, 0.29) is 6.61 Å². The SMILES string of the molecule is COP(=O)(O)OCCCCNCCCNCCCCNCCCNCCCCO. The molecule has 0 saturated heterocycles. The Morgan fingerprint density at radius 3 is 1.45 bits per heavy atom. The lowest BCUT2D eigenvalue weighted by Gasteiger charge is -2.09. The van der Waals surface area contributed by atoms with Gasteiger partial charge in [-0.3, -0.25) is 9.05 Å². The van der Waals surface area contributed by atoms with E-state index in [9.17, 15) is 4.57 Å². The molecule has 29 heavy (non-hydrogen) atoms. The highest BCUT2D eigenvalue weighted by Crippen LogP contribution is 2.41. The van der Waals surface area contributed by atoms with E-state index in [0.29, 0.717) is 6.61 Å². The van der Waals surface area contributed by atoms with Crippen LogP contribution in [-0.2, 0) is 13.6 Å². The number of nitrogens with one attached hydrogen (secondary N) is 4. The molecule has 0 saturated carbocycles. The molecule has 0 aromatic carbocycles. The molecule has 176 valence electrons. The molecule has 0 spiro atoms. The molecule has 1 atom stereocenters. The molecule has 0 aromatic heterocycles. The Morgan fingerprint density at radius 2 is 1.03 bits per heavy atom. The van der Waals surface area contributed by atoms with Crippen LogP contribution in [0.15, 0.2) is 0 Å². The summed E-state index contributed by atoms with van der Waals surface area (Å²) < 4.78 is 20.2. The first kappa shape index (κ1) is 28.9. The topological polar surface area (TPSA) is 124 Å². The largest absolute Gasteiger partial charge is 0.471 e. The molecule has 0 aliphatic carbocycles. The maximum Gasteiger partial charge on any atom is 0.471 e. The molecule has 0 aromatic rings. The van der Waals surface area contributed by atoms with Crippen molar-refractivity contribution in [1.29, 1.82) is 0 Å². The lowest BCUT2D eigenvalue weighted by Crippen LogP contribution is -2.25. The van der Waals surface area contributed by atoms with Gasteiger partial charge < -0.3 is 31.3 Å². The van der Waals surface area contributed by atoms with Crippen LogP contribution in [0.5, 0.6) is 0 Å². The molecule has 0 aliphatic heterocycles. The van der Waals surface area contributed by atoms with Crippen LogP contribution >= 0.6 is 7.82 Å². The Hall–Kier alpha value is -0.0900. The van der Waals surface area contributed by atoms with Crippen LogP contribution in [0, 0.1) is 0 Å². The molecule has 6 N–H and O–H groups in total. The van der Waals surface area contributed by atoms with Crippen molar-refractivity contribution in [2.45, 2.75) is 51.4 Å². The summed E-state index contributed by atoms with van der Waals surface area (Å²) in [6, 6.07) is 0. The monoisotopic (exact) mass is 440 g/mol. The van der Waals surface area contributed by atoms with Gasteiger partial charge in [-0.25, -0.2) is 4.57 Å². The maximum absolute atomic E-state index is 11.1. The molecule has 0 heterocycles. The predicted octanol–water partition coefficient (Wildman–Crippen LogP) is 1.22. The Balaban J connectivity index is 3.06. The predicted molar refractivity (Wildman–Crippen MR) is 118 cm³/mol. The molecule has 0 amide bonds. The molecular formula is C19H45N4O5P. The fourth-order valence-electron chi connectivity index (χ4n) is 2.62. The third-order valence-electron chi connectivity index (χ3n) is 4.37. The van der Waals surface area contributed by atoms with E-state index >= 15 is 0 Å². The average Bonchev–Trinajstić information content (AvgIpc) is 2.71. The number of phosphoric ester groups is 1. The average molecular weight is 441 g/mol. The Labute approximate surface area is 177 Å². The van der Waals surface area contributed by atoms with Gasteiger partial charge in [0.05, 0.1) is 6.61 Å². The van der Waals surface area contributed by atoms with Gasteiger partial charge in [-0.05, 0) is 104 Å². The maximum atomic E-state index is 11.1. The van der Waals surface area contributed by atoms with Gasteiger partial charge in [-0.1, -0.05) is 0 Å². The van der Waals surface area contributed by atoms with Crippen LogP contribution in [-0.4, -0.2) is 82.7 Å². The zero-order valence-electron chi connectivity index (χ0n) is 18.3. The zero-order chi connectivity index (χ0) is 21.5. The van der Waals surface area contributed by atoms with Crippen molar-refractivity contribution in [2.75, 3.05) is 72.7 Å². The van der Waals surface area contributed by atoms with Crippen molar-refractivity contribution in [1.82, 2.24) is 21.3 Å². The molecule has 1 unspecified atom stereocenters. The van der Waals surface area contributed by atoms with E-state index in [4.69, 9.17) is 14.5 Å². The molecule has 0 aliphatic rings. The molecule has 0 bridgehead atoms. The van der Waals surface area contributed by atoms with Crippen molar-refractivity contribution in [3.8, 4) is 0 Å². The van der Waals surface area contributed by atoms with E-state index < -0.39 is 7.82 Å². The summed E-state index contributed by atoms with van der Waals surface area (Å²) in [5, 5.41) is 22.4. The van der Waals surface area contributed by atoms with Crippen LogP contribution < -0.4 is 21.3 Å². The summed E-state index contributed by atoms with van der Waals surface area (Å²) in [4.78, 5) is 9.07. The fourth-order valence-corrected chi connectivity index (χ4v) is 3.09. The normalized spacial score (nSPS) is 13.6. The summed E-state index contributed by atoms with van der Waals surface area (Å²) in [5.74, 6) is 0. The van der Waals surface area contributed by atoms with Gasteiger partial charge in [-0.2, -0.15) is 0 Å². The van der Waals surface area contributed by atoms with Gasteiger partial charge in [0.25, 0.3) is 0 Å². The number of rotatable bonds is 24. The first-order valence-electron chi connectivity index (χ1n) is 11.1. The van der Waals surface area contributed by atoms with Gasteiger partial charge in [0.2, 0.25) is 0 Å².